The summed E-state index contributed by atoms with van der Waals surface area (Å²) in [4.78, 5) is 40.5. The Morgan fingerprint density at radius 3 is 2.43 bits per heavy atom. The number of hydrogen-bond acceptors (Lipinski definition) is 7. The molecule has 1 aliphatic rings. The van der Waals surface area contributed by atoms with Gasteiger partial charge >= 0.3 is 5.97 Å². The Morgan fingerprint density at radius 1 is 1.11 bits per heavy atom. The third kappa shape index (κ3) is 8.15. The number of hydrogen-bond donors (Lipinski definition) is 2. The molecule has 1 aromatic carbocycles. The van der Waals surface area contributed by atoms with Gasteiger partial charge in [0.05, 0.1) is 16.4 Å². The SMILES string of the molecule is C#CC(C)COC(=O)c1ccc(C(=O)NS(=O)(=O)c2ccc(CCNC(=O)C3CCCCC3)cc2)cn1. The van der Waals surface area contributed by atoms with Crippen molar-refractivity contribution in [1.82, 2.24) is 15.0 Å². The number of esters is 1. The second kappa shape index (κ2) is 13.0. The molecule has 1 unspecified atom stereocenters. The first-order chi connectivity index (χ1) is 17.7. The van der Waals surface area contributed by atoms with Gasteiger partial charge in [0.2, 0.25) is 5.91 Å². The fourth-order valence-electron chi connectivity index (χ4n) is 3.89. The topological polar surface area (TPSA) is 132 Å². The summed E-state index contributed by atoms with van der Waals surface area (Å²) in [7, 11) is -4.13. The van der Waals surface area contributed by atoms with Crippen LogP contribution in [0, 0.1) is 24.2 Å². The van der Waals surface area contributed by atoms with Crippen molar-refractivity contribution >= 4 is 27.8 Å². The molecule has 1 aromatic heterocycles. The lowest BCUT2D eigenvalue weighted by Crippen LogP contribution is -2.33. The van der Waals surface area contributed by atoms with E-state index in [1.807, 2.05) is 4.72 Å². The Morgan fingerprint density at radius 2 is 1.81 bits per heavy atom. The van der Waals surface area contributed by atoms with E-state index in [2.05, 4.69) is 16.2 Å². The van der Waals surface area contributed by atoms with E-state index in [1.54, 1.807) is 19.1 Å². The predicted octanol–water partition coefficient (Wildman–Crippen LogP) is 2.87. The number of carbonyl (C=O) groups excluding carboxylic acids is 3. The van der Waals surface area contributed by atoms with Crippen molar-refractivity contribution in [1.29, 1.82) is 0 Å². The van der Waals surface area contributed by atoms with Crippen molar-refractivity contribution < 1.29 is 27.5 Å². The lowest BCUT2D eigenvalue weighted by Gasteiger charge is -2.20. The summed E-state index contributed by atoms with van der Waals surface area (Å²) in [5, 5.41) is 2.96. The van der Waals surface area contributed by atoms with Crippen LogP contribution in [0.15, 0.2) is 47.5 Å². The number of nitrogens with zero attached hydrogens (tertiary/aromatic N) is 1. The fraction of sp³-hybridized carbons (Fsp3) is 0.407. The lowest BCUT2D eigenvalue weighted by molar-refractivity contribution is -0.125. The van der Waals surface area contributed by atoms with Gasteiger partial charge in [-0.15, -0.1) is 12.3 Å². The monoisotopic (exact) mass is 525 g/mol. The van der Waals surface area contributed by atoms with E-state index < -0.39 is 21.9 Å². The zero-order valence-corrected chi connectivity index (χ0v) is 21.6. The van der Waals surface area contributed by atoms with Crippen LogP contribution in [-0.4, -0.2) is 44.3 Å². The van der Waals surface area contributed by atoms with Crippen LogP contribution in [0.25, 0.3) is 0 Å². The summed E-state index contributed by atoms with van der Waals surface area (Å²) in [5.74, 6) is 0.774. The van der Waals surface area contributed by atoms with Gasteiger partial charge in [0.1, 0.15) is 12.3 Å². The van der Waals surface area contributed by atoms with E-state index in [1.165, 1.54) is 30.7 Å². The highest BCUT2D eigenvalue weighted by atomic mass is 32.2. The molecule has 1 saturated carbocycles. The molecule has 3 rings (SSSR count). The van der Waals surface area contributed by atoms with Crippen LogP contribution in [-0.2, 0) is 26.0 Å². The number of nitrogens with one attached hydrogen (secondary N) is 2. The molecule has 1 aliphatic carbocycles. The van der Waals surface area contributed by atoms with E-state index in [0.29, 0.717) is 13.0 Å². The van der Waals surface area contributed by atoms with Crippen LogP contribution in [0.2, 0.25) is 0 Å². The fourth-order valence-corrected chi connectivity index (χ4v) is 4.86. The van der Waals surface area contributed by atoms with Crippen LogP contribution in [0.5, 0.6) is 0 Å². The van der Waals surface area contributed by atoms with Gasteiger partial charge in [0.25, 0.3) is 15.9 Å². The number of terminal acetylenes is 1. The molecule has 0 radical (unpaired) electrons. The minimum absolute atomic E-state index is 0.0331. The molecule has 9 nitrogen and oxygen atoms in total. The average molecular weight is 526 g/mol. The lowest BCUT2D eigenvalue weighted by atomic mass is 9.88. The standard InChI is InChI=1S/C27H31N3O6S/c1-3-19(2)18-36-27(33)24-14-11-22(17-29-24)26(32)30-37(34,35)23-12-9-20(10-13-23)15-16-28-25(31)21-7-5-4-6-8-21/h1,9-14,17,19,21H,4-8,15-16,18H2,2H3,(H,28,31)(H,30,32). The van der Waals surface area contributed by atoms with E-state index in [0.717, 1.165) is 37.4 Å². The zero-order chi connectivity index (χ0) is 26.8. The summed E-state index contributed by atoms with van der Waals surface area (Å²) >= 11 is 0. The molecule has 2 N–H and O–H groups in total. The molecular formula is C27H31N3O6S. The molecule has 0 bridgehead atoms. The predicted molar refractivity (Wildman–Crippen MR) is 137 cm³/mol. The molecule has 0 spiro atoms. The molecule has 1 fully saturated rings. The average Bonchev–Trinajstić information content (AvgIpc) is 2.92. The molecule has 0 aliphatic heterocycles. The van der Waals surface area contributed by atoms with Gasteiger partial charge in [-0.3, -0.25) is 9.59 Å². The molecule has 1 atom stereocenters. The van der Waals surface area contributed by atoms with Crippen LogP contribution >= 0.6 is 0 Å². The third-order valence-corrected chi connectivity index (χ3v) is 7.48. The van der Waals surface area contributed by atoms with Crippen LogP contribution in [0.3, 0.4) is 0 Å². The van der Waals surface area contributed by atoms with Crippen LogP contribution in [0.1, 0.15) is 65.4 Å². The Kier molecular flexibility index (Phi) is 9.80. The van der Waals surface area contributed by atoms with E-state index in [-0.39, 0.29) is 40.5 Å². The van der Waals surface area contributed by atoms with E-state index in [4.69, 9.17) is 11.2 Å². The first kappa shape index (κ1) is 27.9. The maximum Gasteiger partial charge on any atom is 0.356 e. The molecule has 2 aromatic rings. The van der Waals surface area contributed by atoms with E-state index >= 15 is 0 Å². The molecule has 0 saturated heterocycles. The number of carbonyl (C=O) groups is 3. The van der Waals surface area contributed by atoms with Crippen molar-refractivity contribution in [3.05, 3.63) is 59.4 Å². The van der Waals surface area contributed by atoms with Gasteiger partial charge in [-0.05, 0) is 56.0 Å². The summed E-state index contributed by atoms with van der Waals surface area (Å²) in [6, 6.07) is 8.66. The zero-order valence-electron chi connectivity index (χ0n) is 20.7. The second-order valence-electron chi connectivity index (χ2n) is 9.05. The number of aromatic nitrogens is 1. The molecule has 37 heavy (non-hydrogen) atoms. The van der Waals surface area contributed by atoms with Crippen molar-refractivity contribution in [3.63, 3.8) is 0 Å². The molecule has 2 amide bonds. The van der Waals surface area contributed by atoms with Gasteiger partial charge in [0.15, 0.2) is 0 Å². The van der Waals surface area contributed by atoms with Crippen LogP contribution < -0.4 is 10.0 Å². The van der Waals surface area contributed by atoms with Gasteiger partial charge in [-0.2, -0.15) is 0 Å². The summed E-state index contributed by atoms with van der Waals surface area (Å²) in [5.41, 5.74) is 0.786. The smallest absolute Gasteiger partial charge is 0.356 e. The van der Waals surface area contributed by atoms with Crippen molar-refractivity contribution in [3.8, 4) is 12.3 Å². The van der Waals surface area contributed by atoms with Crippen LogP contribution in [0.4, 0.5) is 0 Å². The first-order valence-corrected chi connectivity index (χ1v) is 13.7. The largest absolute Gasteiger partial charge is 0.460 e. The van der Waals surface area contributed by atoms with Gasteiger partial charge < -0.3 is 10.1 Å². The Balaban J connectivity index is 1.51. The number of rotatable bonds is 10. The molecular weight excluding hydrogens is 494 g/mol. The summed E-state index contributed by atoms with van der Waals surface area (Å²) in [6.07, 6.45) is 12.1. The number of pyridine rings is 1. The quantitative estimate of drug-likeness (QED) is 0.360. The Hall–Kier alpha value is -3.71. The number of ether oxygens (including phenoxy) is 1. The number of sulfonamides is 1. The van der Waals surface area contributed by atoms with Gasteiger partial charge in [0, 0.05) is 18.7 Å². The summed E-state index contributed by atoms with van der Waals surface area (Å²) < 4.78 is 32.3. The Labute approximate surface area is 217 Å². The minimum atomic E-state index is -4.13. The summed E-state index contributed by atoms with van der Waals surface area (Å²) in [6.45, 7) is 2.23. The van der Waals surface area contributed by atoms with E-state index in [9.17, 15) is 22.8 Å². The minimum Gasteiger partial charge on any atom is -0.460 e. The number of amides is 2. The van der Waals surface area contributed by atoms with Crippen molar-refractivity contribution in [2.24, 2.45) is 11.8 Å². The van der Waals surface area contributed by atoms with Crippen molar-refractivity contribution in [2.75, 3.05) is 13.2 Å². The Bertz CT molecular complexity index is 1240. The maximum atomic E-state index is 12.7. The van der Waals surface area contributed by atoms with Gasteiger partial charge in [-0.25, -0.2) is 22.9 Å². The molecule has 1 heterocycles. The maximum absolute atomic E-state index is 12.7. The number of benzene rings is 1. The normalized spacial score (nSPS) is 14.7. The van der Waals surface area contributed by atoms with Crippen molar-refractivity contribution in [2.45, 2.75) is 50.3 Å². The second-order valence-corrected chi connectivity index (χ2v) is 10.7. The third-order valence-electron chi connectivity index (χ3n) is 6.13. The highest BCUT2D eigenvalue weighted by Gasteiger charge is 2.21. The highest BCUT2D eigenvalue weighted by molar-refractivity contribution is 7.90. The highest BCUT2D eigenvalue weighted by Crippen LogP contribution is 2.23. The first-order valence-electron chi connectivity index (χ1n) is 12.2. The molecule has 196 valence electrons. The van der Waals surface area contributed by atoms with Gasteiger partial charge in [-0.1, -0.05) is 31.4 Å². The molecule has 10 heteroatoms.